The summed E-state index contributed by atoms with van der Waals surface area (Å²) in [5.74, 6) is -0.00444. The van der Waals surface area contributed by atoms with E-state index in [2.05, 4.69) is 28.4 Å². The highest BCUT2D eigenvalue weighted by Crippen LogP contribution is 2.46. The Bertz CT molecular complexity index is 1530. The van der Waals surface area contributed by atoms with E-state index in [0.29, 0.717) is 17.2 Å². The summed E-state index contributed by atoms with van der Waals surface area (Å²) >= 11 is 0. The molecule has 5 rings (SSSR count). The molecule has 4 aromatic rings. The molecule has 0 bridgehead atoms. The van der Waals surface area contributed by atoms with Gasteiger partial charge >= 0.3 is 5.97 Å². The maximum Gasteiger partial charge on any atom is 0.328 e. The van der Waals surface area contributed by atoms with E-state index >= 15 is 0 Å². The number of hydrogen-bond acceptors (Lipinski definition) is 4. The number of aliphatic carboxylic acids is 1. The molecule has 6 heteroatoms. The topological polar surface area (TPSA) is 99.0 Å². The summed E-state index contributed by atoms with van der Waals surface area (Å²) < 4.78 is 5.39. The highest BCUT2D eigenvalue weighted by atomic mass is 16.5. The molecular formula is C30H25N3O3. The van der Waals surface area contributed by atoms with E-state index < -0.39 is 5.97 Å². The van der Waals surface area contributed by atoms with Crippen LogP contribution >= 0.6 is 0 Å². The number of allylic oxidation sites excluding steroid dienone is 1. The fourth-order valence-electron chi connectivity index (χ4n) is 4.74. The van der Waals surface area contributed by atoms with E-state index in [-0.39, 0.29) is 0 Å². The minimum absolute atomic E-state index is 0.326. The molecule has 1 aliphatic carbocycles. The van der Waals surface area contributed by atoms with E-state index in [1.54, 1.807) is 19.3 Å². The number of aromatic nitrogens is 2. The number of H-pyrrole nitrogens is 1. The number of rotatable bonds is 7. The summed E-state index contributed by atoms with van der Waals surface area (Å²) in [6, 6.07) is 22.2. The van der Waals surface area contributed by atoms with Crippen molar-refractivity contribution in [2.45, 2.75) is 19.3 Å². The van der Waals surface area contributed by atoms with Crippen LogP contribution < -0.4 is 4.74 Å². The summed E-state index contributed by atoms with van der Waals surface area (Å²) in [4.78, 5) is 10.9. The molecule has 36 heavy (non-hydrogen) atoms. The van der Waals surface area contributed by atoms with Crippen LogP contribution in [0.2, 0.25) is 0 Å². The van der Waals surface area contributed by atoms with E-state index in [4.69, 9.17) is 9.84 Å². The first-order valence-electron chi connectivity index (χ1n) is 11.8. The number of carbonyl (C=O) groups is 1. The second kappa shape index (κ2) is 9.93. The predicted molar refractivity (Wildman–Crippen MR) is 140 cm³/mol. The molecule has 1 heterocycles. The van der Waals surface area contributed by atoms with Gasteiger partial charge in [-0.15, -0.1) is 0 Å². The summed E-state index contributed by atoms with van der Waals surface area (Å²) in [7, 11) is 1.60. The van der Waals surface area contributed by atoms with Crippen molar-refractivity contribution >= 4 is 34.1 Å². The Hall–Kier alpha value is -4.63. The molecule has 1 aromatic heterocycles. The molecular weight excluding hydrogens is 450 g/mol. The zero-order chi connectivity index (χ0) is 25.1. The fraction of sp³-hybridized carbons (Fsp3) is 0.167. The second-order valence-corrected chi connectivity index (χ2v) is 8.91. The van der Waals surface area contributed by atoms with E-state index in [1.807, 2.05) is 48.7 Å². The SMILES string of the molecule is COc1ccc(C(=C(c2ccc(/C=C/C(=O)O)cc2)c2ccc3[nH]ncc3c2)C2CCC2)c(C#N)c1. The first kappa shape index (κ1) is 23.1. The number of nitrogens with one attached hydrogen (secondary N) is 1. The average Bonchev–Trinajstić information content (AvgIpc) is 3.34. The smallest absolute Gasteiger partial charge is 0.328 e. The minimum atomic E-state index is -0.983. The molecule has 0 radical (unpaired) electrons. The second-order valence-electron chi connectivity index (χ2n) is 8.91. The van der Waals surface area contributed by atoms with Crippen LogP contribution in [0.1, 0.15) is 47.1 Å². The zero-order valence-corrected chi connectivity index (χ0v) is 19.9. The van der Waals surface area contributed by atoms with Crippen LogP contribution in [-0.4, -0.2) is 28.4 Å². The summed E-state index contributed by atoms with van der Waals surface area (Å²) in [5, 5.41) is 27.2. The first-order chi connectivity index (χ1) is 17.6. The number of carboxylic acid groups (broad SMARTS) is 1. The fourth-order valence-corrected chi connectivity index (χ4v) is 4.74. The van der Waals surface area contributed by atoms with Crippen LogP contribution in [0, 0.1) is 17.2 Å². The maximum atomic E-state index is 10.9. The predicted octanol–water partition coefficient (Wildman–Crippen LogP) is 6.30. The number of ether oxygens (including phenoxy) is 1. The maximum absolute atomic E-state index is 10.9. The number of benzene rings is 3. The zero-order valence-electron chi connectivity index (χ0n) is 19.9. The lowest BCUT2D eigenvalue weighted by Crippen LogP contribution is -2.16. The number of methoxy groups -OCH3 is 1. The Labute approximate surface area is 209 Å². The number of hydrogen-bond donors (Lipinski definition) is 2. The molecule has 6 nitrogen and oxygen atoms in total. The van der Waals surface area contributed by atoms with Crippen molar-refractivity contribution in [1.29, 1.82) is 5.26 Å². The van der Waals surface area contributed by atoms with Crippen LogP contribution in [0.4, 0.5) is 0 Å². The number of carboxylic acids is 1. The van der Waals surface area contributed by atoms with Crippen molar-refractivity contribution < 1.29 is 14.6 Å². The van der Waals surface area contributed by atoms with Gasteiger partial charge in [0.25, 0.3) is 0 Å². The largest absolute Gasteiger partial charge is 0.497 e. The summed E-state index contributed by atoms with van der Waals surface area (Å²) in [5.41, 5.74) is 7.53. The van der Waals surface area contributed by atoms with Gasteiger partial charge in [-0.2, -0.15) is 10.4 Å². The van der Waals surface area contributed by atoms with Crippen molar-refractivity contribution in [3.8, 4) is 11.8 Å². The lowest BCUT2D eigenvalue weighted by atomic mass is 9.72. The van der Waals surface area contributed by atoms with Gasteiger partial charge in [0.15, 0.2) is 0 Å². The van der Waals surface area contributed by atoms with Gasteiger partial charge in [0.2, 0.25) is 0 Å². The molecule has 0 aliphatic heterocycles. The molecule has 0 spiro atoms. The van der Waals surface area contributed by atoms with Gasteiger partial charge in [-0.25, -0.2) is 4.79 Å². The lowest BCUT2D eigenvalue weighted by molar-refractivity contribution is -0.131. The first-order valence-corrected chi connectivity index (χ1v) is 11.8. The molecule has 1 aliphatic rings. The lowest BCUT2D eigenvalue weighted by Gasteiger charge is -2.32. The van der Waals surface area contributed by atoms with Crippen LogP contribution in [0.3, 0.4) is 0 Å². The van der Waals surface area contributed by atoms with Crippen LogP contribution in [0.15, 0.2) is 72.9 Å². The van der Waals surface area contributed by atoms with Gasteiger partial charge in [-0.05, 0) is 88.6 Å². The number of fused-ring (bicyclic) bond motifs is 1. The van der Waals surface area contributed by atoms with Gasteiger partial charge in [0.1, 0.15) is 5.75 Å². The highest BCUT2D eigenvalue weighted by molar-refractivity contribution is 6.02. The third kappa shape index (κ3) is 4.51. The van der Waals surface area contributed by atoms with Crippen molar-refractivity contribution in [3.63, 3.8) is 0 Å². The Morgan fingerprint density at radius 1 is 1.11 bits per heavy atom. The summed E-state index contributed by atoms with van der Waals surface area (Å²) in [6.07, 6.45) is 7.80. The molecule has 1 fully saturated rings. The third-order valence-corrected chi connectivity index (χ3v) is 6.77. The summed E-state index contributed by atoms with van der Waals surface area (Å²) in [6.45, 7) is 0. The Balaban J connectivity index is 1.77. The Kier molecular flexibility index (Phi) is 6.38. The number of aromatic amines is 1. The van der Waals surface area contributed by atoms with Crippen molar-refractivity contribution in [2.75, 3.05) is 7.11 Å². The van der Waals surface area contributed by atoms with Gasteiger partial charge < -0.3 is 9.84 Å². The Morgan fingerprint density at radius 3 is 2.56 bits per heavy atom. The van der Waals surface area contributed by atoms with Crippen LogP contribution in [-0.2, 0) is 4.79 Å². The number of nitriles is 1. The molecule has 1 saturated carbocycles. The van der Waals surface area contributed by atoms with Crippen LogP contribution in [0.5, 0.6) is 5.75 Å². The molecule has 0 amide bonds. The standard InChI is InChI=1S/C30H25N3O3/c1-36-25-11-12-26(23(16-25)17-31)30(20-3-2-4-20)29(22-10-13-27-24(15-22)18-32-33-27)21-8-5-19(6-9-21)7-14-28(34)35/h5-16,18,20H,2-4H2,1H3,(H,32,33)(H,34,35)/b14-7+,30-29?. The van der Waals surface area contributed by atoms with Crippen LogP contribution in [0.25, 0.3) is 28.1 Å². The quantitative estimate of drug-likeness (QED) is 0.241. The van der Waals surface area contributed by atoms with Crippen molar-refractivity contribution in [2.24, 2.45) is 5.92 Å². The molecule has 2 N–H and O–H groups in total. The molecule has 0 atom stereocenters. The molecule has 178 valence electrons. The third-order valence-electron chi connectivity index (χ3n) is 6.77. The van der Waals surface area contributed by atoms with Crippen molar-refractivity contribution in [3.05, 3.63) is 101 Å². The molecule has 0 saturated heterocycles. The van der Waals surface area contributed by atoms with Gasteiger partial charge in [-0.1, -0.05) is 36.8 Å². The Morgan fingerprint density at radius 2 is 1.89 bits per heavy atom. The van der Waals surface area contributed by atoms with Crippen molar-refractivity contribution in [1.82, 2.24) is 10.2 Å². The van der Waals surface area contributed by atoms with Gasteiger partial charge in [0, 0.05) is 11.5 Å². The number of nitrogens with zero attached hydrogens (tertiary/aromatic N) is 2. The molecule has 0 unspecified atom stereocenters. The highest BCUT2D eigenvalue weighted by Gasteiger charge is 2.29. The normalized spacial score (nSPS) is 14.3. The minimum Gasteiger partial charge on any atom is -0.497 e. The monoisotopic (exact) mass is 475 g/mol. The van der Waals surface area contributed by atoms with E-state index in [1.165, 1.54) is 0 Å². The van der Waals surface area contributed by atoms with E-state index in [0.717, 1.165) is 69.6 Å². The molecule has 3 aromatic carbocycles. The average molecular weight is 476 g/mol. The van der Waals surface area contributed by atoms with Gasteiger partial charge in [-0.3, -0.25) is 5.10 Å². The van der Waals surface area contributed by atoms with Gasteiger partial charge in [0.05, 0.1) is 30.5 Å². The van der Waals surface area contributed by atoms with E-state index in [9.17, 15) is 10.1 Å².